The molecule has 116 valence electrons. The zero-order chi connectivity index (χ0) is 16.4. The Bertz CT molecular complexity index is 862. The molecule has 0 bridgehead atoms. The molecule has 0 aliphatic heterocycles. The second kappa shape index (κ2) is 6.95. The highest BCUT2D eigenvalue weighted by Gasteiger charge is 2.17. The minimum atomic E-state index is -0.152. The summed E-state index contributed by atoms with van der Waals surface area (Å²) in [6.07, 6.45) is 0. The molecular formula is C17H12Br2N2OS. The van der Waals surface area contributed by atoms with E-state index >= 15 is 0 Å². The summed E-state index contributed by atoms with van der Waals surface area (Å²) in [7, 11) is 0. The number of hydrogen-bond donors (Lipinski definition) is 1. The lowest BCUT2D eigenvalue weighted by atomic mass is 10.2. The van der Waals surface area contributed by atoms with Crippen LogP contribution in [0.4, 0.5) is 5.69 Å². The lowest BCUT2D eigenvalue weighted by Crippen LogP contribution is -2.11. The van der Waals surface area contributed by atoms with Gasteiger partial charge in [0.05, 0.1) is 11.4 Å². The molecule has 0 aliphatic carbocycles. The van der Waals surface area contributed by atoms with Crippen molar-refractivity contribution in [3.63, 3.8) is 0 Å². The van der Waals surface area contributed by atoms with Crippen LogP contribution in [-0.4, -0.2) is 10.9 Å². The summed E-state index contributed by atoms with van der Waals surface area (Å²) in [4.78, 5) is 17.7. The first-order chi connectivity index (χ1) is 11.0. The van der Waals surface area contributed by atoms with Crippen molar-refractivity contribution in [1.29, 1.82) is 0 Å². The molecule has 2 aromatic carbocycles. The number of benzene rings is 2. The number of carbonyl (C=O) groups is 1. The topological polar surface area (TPSA) is 42.0 Å². The second-order valence-corrected chi connectivity index (χ2v) is 7.65. The maximum atomic E-state index is 12.6. The molecule has 0 unspecified atom stereocenters. The van der Waals surface area contributed by atoms with E-state index in [0.717, 1.165) is 30.9 Å². The fourth-order valence-corrected chi connectivity index (χ4v) is 3.76. The Morgan fingerprint density at radius 1 is 1.13 bits per heavy atom. The molecule has 0 aliphatic rings. The van der Waals surface area contributed by atoms with Gasteiger partial charge in [0.1, 0.15) is 9.88 Å². The fraction of sp³-hybridized carbons (Fsp3) is 0.0588. The van der Waals surface area contributed by atoms with E-state index in [9.17, 15) is 4.79 Å². The molecule has 1 N–H and O–H groups in total. The minimum Gasteiger partial charge on any atom is -0.320 e. The Labute approximate surface area is 155 Å². The number of halogens is 2. The van der Waals surface area contributed by atoms with Crippen molar-refractivity contribution >= 4 is 54.8 Å². The fourth-order valence-electron chi connectivity index (χ4n) is 2.08. The molecule has 0 spiro atoms. The van der Waals surface area contributed by atoms with E-state index in [1.165, 1.54) is 11.3 Å². The van der Waals surface area contributed by atoms with Gasteiger partial charge in [-0.25, -0.2) is 4.98 Å². The molecule has 23 heavy (non-hydrogen) atoms. The zero-order valence-corrected chi connectivity index (χ0v) is 16.1. The number of hydrogen-bond acceptors (Lipinski definition) is 3. The average molecular weight is 452 g/mol. The number of carbonyl (C=O) groups excluding carboxylic acids is 1. The Morgan fingerprint density at radius 3 is 2.61 bits per heavy atom. The molecule has 0 radical (unpaired) electrons. The van der Waals surface area contributed by atoms with Crippen LogP contribution in [0.3, 0.4) is 0 Å². The van der Waals surface area contributed by atoms with Crippen molar-refractivity contribution in [2.24, 2.45) is 0 Å². The standard InChI is InChI=1S/C17H12Br2N2OS/c1-10-15(23-17(20-10)11-5-3-2-4-6-11)16(22)21-14-9-12(18)7-8-13(14)19/h2-9H,1H3,(H,21,22). The van der Waals surface area contributed by atoms with Crippen LogP contribution in [0.25, 0.3) is 10.6 Å². The molecule has 0 saturated carbocycles. The summed E-state index contributed by atoms with van der Waals surface area (Å²) >= 11 is 8.25. The van der Waals surface area contributed by atoms with Gasteiger partial charge < -0.3 is 5.32 Å². The van der Waals surface area contributed by atoms with E-state index in [1.54, 1.807) is 0 Å². The lowest BCUT2D eigenvalue weighted by molar-refractivity contribution is 0.102. The monoisotopic (exact) mass is 450 g/mol. The number of aromatic nitrogens is 1. The van der Waals surface area contributed by atoms with E-state index in [2.05, 4.69) is 42.2 Å². The maximum Gasteiger partial charge on any atom is 0.267 e. The van der Waals surface area contributed by atoms with Crippen LogP contribution in [-0.2, 0) is 0 Å². The van der Waals surface area contributed by atoms with Crippen molar-refractivity contribution in [2.75, 3.05) is 5.32 Å². The molecule has 0 fully saturated rings. The SMILES string of the molecule is Cc1nc(-c2ccccc2)sc1C(=O)Nc1cc(Br)ccc1Br. The van der Waals surface area contributed by atoms with Crippen LogP contribution < -0.4 is 5.32 Å². The second-order valence-electron chi connectivity index (χ2n) is 4.88. The van der Waals surface area contributed by atoms with Crippen molar-refractivity contribution in [2.45, 2.75) is 6.92 Å². The van der Waals surface area contributed by atoms with Crippen LogP contribution >= 0.6 is 43.2 Å². The van der Waals surface area contributed by atoms with Gasteiger partial charge in [0, 0.05) is 14.5 Å². The van der Waals surface area contributed by atoms with E-state index in [-0.39, 0.29) is 5.91 Å². The van der Waals surface area contributed by atoms with Gasteiger partial charge in [0.25, 0.3) is 5.91 Å². The van der Waals surface area contributed by atoms with Gasteiger partial charge in [-0.3, -0.25) is 4.79 Å². The van der Waals surface area contributed by atoms with Gasteiger partial charge in [-0.2, -0.15) is 0 Å². The Kier molecular flexibility index (Phi) is 4.94. The van der Waals surface area contributed by atoms with Crippen LogP contribution in [0.1, 0.15) is 15.4 Å². The van der Waals surface area contributed by atoms with E-state index in [0.29, 0.717) is 4.88 Å². The first-order valence-corrected chi connectivity index (χ1v) is 9.24. The molecular weight excluding hydrogens is 440 g/mol. The molecule has 3 aromatic rings. The first-order valence-electron chi connectivity index (χ1n) is 6.84. The predicted molar refractivity (Wildman–Crippen MR) is 102 cm³/mol. The largest absolute Gasteiger partial charge is 0.320 e. The number of nitrogens with one attached hydrogen (secondary N) is 1. The Balaban J connectivity index is 1.88. The van der Waals surface area contributed by atoms with E-state index < -0.39 is 0 Å². The normalized spacial score (nSPS) is 10.6. The molecule has 3 nitrogen and oxygen atoms in total. The maximum absolute atomic E-state index is 12.6. The summed E-state index contributed by atoms with van der Waals surface area (Å²) in [5, 5.41) is 3.78. The highest BCUT2D eigenvalue weighted by Crippen LogP contribution is 2.30. The molecule has 1 heterocycles. The van der Waals surface area contributed by atoms with Gasteiger partial charge in [-0.15, -0.1) is 11.3 Å². The third kappa shape index (κ3) is 3.71. The van der Waals surface area contributed by atoms with Crippen LogP contribution in [0.5, 0.6) is 0 Å². The Morgan fingerprint density at radius 2 is 1.87 bits per heavy atom. The third-order valence-electron chi connectivity index (χ3n) is 3.20. The van der Waals surface area contributed by atoms with Crippen molar-refractivity contribution < 1.29 is 4.79 Å². The third-order valence-corrected chi connectivity index (χ3v) is 5.59. The van der Waals surface area contributed by atoms with Gasteiger partial charge in [0.2, 0.25) is 0 Å². The molecule has 6 heteroatoms. The van der Waals surface area contributed by atoms with Gasteiger partial charge >= 0.3 is 0 Å². The summed E-state index contributed by atoms with van der Waals surface area (Å²) in [5.74, 6) is -0.152. The van der Waals surface area contributed by atoms with Gasteiger partial charge in [-0.05, 0) is 41.1 Å². The molecule has 0 saturated heterocycles. The number of rotatable bonds is 3. The van der Waals surface area contributed by atoms with Crippen LogP contribution in [0, 0.1) is 6.92 Å². The molecule has 3 rings (SSSR count). The number of thiazole rings is 1. The van der Waals surface area contributed by atoms with Crippen molar-refractivity contribution in [3.05, 3.63) is 68.0 Å². The number of nitrogens with zero attached hydrogens (tertiary/aromatic N) is 1. The van der Waals surface area contributed by atoms with Crippen LogP contribution in [0.15, 0.2) is 57.5 Å². The smallest absolute Gasteiger partial charge is 0.267 e. The van der Waals surface area contributed by atoms with Gasteiger partial charge in [0.15, 0.2) is 0 Å². The van der Waals surface area contributed by atoms with E-state index in [4.69, 9.17) is 0 Å². The molecule has 1 amide bonds. The quantitative estimate of drug-likeness (QED) is 0.538. The number of anilines is 1. The van der Waals surface area contributed by atoms with E-state index in [1.807, 2.05) is 55.5 Å². The predicted octanol–water partition coefficient (Wildman–Crippen LogP) is 5.90. The summed E-state index contributed by atoms with van der Waals surface area (Å²) in [6.45, 7) is 1.85. The zero-order valence-electron chi connectivity index (χ0n) is 12.1. The van der Waals surface area contributed by atoms with Crippen LogP contribution in [0.2, 0.25) is 0 Å². The van der Waals surface area contributed by atoms with Gasteiger partial charge in [-0.1, -0.05) is 46.3 Å². The highest BCUT2D eigenvalue weighted by atomic mass is 79.9. The number of amides is 1. The Hall–Kier alpha value is -1.50. The first kappa shape index (κ1) is 16.4. The summed E-state index contributed by atoms with van der Waals surface area (Å²) in [5.41, 5.74) is 2.47. The average Bonchev–Trinajstić information content (AvgIpc) is 2.94. The van der Waals surface area contributed by atoms with Crippen molar-refractivity contribution in [3.8, 4) is 10.6 Å². The molecule has 0 atom stereocenters. The number of aryl methyl sites for hydroxylation is 1. The minimum absolute atomic E-state index is 0.152. The lowest BCUT2D eigenvalue weighted by Gasteiger charge is -2.07. The van der Waals surface area contributed by atoms with Crippen molar-refractivity contribution in [1.82, 2.24) is 4.98 Å². The summed E-state index contributed by atoms with van der Waals surface area (Å²) in [6, 6.07) is 15.5. The highest BCUT2D eigenvalue weighted by molar-refractivity contribution is 9.11. The molecule has 1 aromatic heterocycles. The summed E-state index contributed by atoms with van der Waals surface area (Å²) < 4.78 is 1.74.